The Hall–Kier alpha value is -2.78. The number of sulfonamides is 1. The van der Waals surface area contributed by atoms with Gasteiger partial charge in [0.15, 0.2) is 0 Å². The molecule has 0 saturated heterocycles. The Morgan fingerprint density at radius 1 is 1.11 bits per heavy atom. The fourth-order valence-electron chi connectivity index (χ4n) is 3.42. The van der Waals surface area contributed by atoms with E-state index in [9.17, 15) is 18.0 Å². The van der Waals surface area contributed by atoms with Gasteiger partial charge in [-0.3, -0.25) is 13.9 Å². The maximum Gasteiger partial charge on any atom is 0.244 e. The van der Waals surface area contributed by atoms with E-state index in [4.69, 9.17) is 16.3 Å². The standard InChI is InChI=1S/C25H34ClN3O5S/c1-7-18(3)27-25(31)19(4)28(15-20-9-11-21(26)12-10-20)24(30)16-29(35(6,32)33)22-14-17(2)8-13-23(22)34-5/h8-14,18-19H,7,15-16H2,1-6H3,(H,27,31)/t18-,19+/m1/s1. The van der Waals surface area contributed by atoms with Gasteiger partial charge in [-0.15, -0.1) is 0 Å². The van der Waals surface area contributed by atoms with Crippen LogP contribution in [-0.2, 0) is 26.2 Å². The Morgan fingerprint density at radius 3 is 2.29 bits per heavy atom. The lowest BCUT2D eigenvalue weighted by molar-refractivity contribution is -0.139. The molecule has 0 unspecified atom stereocenters. The highest BCUT2D eigenvalue weighted by molar-refractivity contribution is 7.92. The number of anilines is 1. The van der Waals surface area contributed by atoms with Crippen LogP contribution in [0.2, 0.25) is 5.02 Å². The number of hydrogen-bond acceptors (Lipinski definition) is 5. The number of nitrogens with zero attached hydrogens (tertiary/aromatic N) is 2. The van der Waals surface area contributed by atoms with E-state index in [1.54, 1.807) is 49.4 Å². The number of nitrogens with one attached hydrogen (secondary N) is 1. The number of amides is 2. The first-order valence-electron chi connectivity index (χ1n) is 11.3. The second-order valence-electron chi connectivity index (χ2n) is 8.59. The average Bonchev–Trinajstić information content (AvgIpc) is 2.80. The molecule has 2 aromatic carbocycles. The first kappa shape index (κ1) is 28.5. The van der Waals surface area contributed by atoms with Gasteiger partial charge < -0.3 is 15.0 Å². The lowest BCUT2D eigenvalue weighted by Gasteiger charge is -2.32. The van der Waals surface area contributed by atoms with Crippen LogP contribution in [0.5, 0.6) is 5.75 Å². The van der Waals surface area contributed by atoms with Gasteiger partial charge >= 0.3 is 0 Å². The number of carbonyl (C=O) groups is 2. The third kappa shape index (κ3) is 7.86. The molecule has 2 atom stereocenters. The summed E-state index contributed by atoms with van der Waals surface area (Å²) in [5.41, 5.74) is 1.82. The molecule has 0 heterocycles. The molecule has 192 valence electrons. The van der Waals surface area contributed by atoms with Crippen molar-refractivity contribution in [2.75, 3.05) is 24.2 Å². The van der Waals surface area contributed by atoms with E-state index in [1.807, 2.05) is 20.8 Å². The van der Waals surface area contributed by atoms with Gasteiger partial charge in [0.2, 0.25) is 21.8 Å². The molecule has 8 nitrogen and oxygen atoms in total. The van der Waals surface area contributed by atoms with Gasteiger partial charge in [0.1, 0.15) is 18.3 Å². The van der Waals surface area contributed by atoms with Crippen LogP contribution in [0.25, 0.3) is 0 Å². The molecule has 0 aliphatic carbocycles. The van der Waals surface area contributed by atoms with Gasteiger partial charge in [0, 0.05) is 17.6 Å². The molecule has 0 saturated carbocycles. The summed E-state index contributed by atoms with van der Waals surface area (Å²) >= 11 is 6.00. The van der Waals surface area contributed by atoms with Gasteiger partial charge in [0.05, 0.1) is 19.1 Å². The van der Waals surface area contributed by atoms with E-state index >= 15 is 0 Å². The molecule has 2 amide bonds. The minimum absolute atomic E-state index is 0.0680. The molecular weight excluding hydrogens is 490 g/mol. The molecule has 0 radical (unpaired) electrons. The first-order valence-corrected chi connectivity index (χ1v) is 13.6. The molecule has 0 fully saturated rings. The number of halogens is 1. The minimum atomic E-state index is -3.86. The summed E-state index contributed by atoms with van der Waals surface area (Å²) < 4.78 is 31.9. The molecule has 2 rings (SSSR count). The van der Waals surface area contributed by atoms with Gasteiger partial charge in [-0.25, -0.2) is 8.42 Å². The number of hydrogen-bond donors (Lipinski definition) is 1. The molecule has 10 heteroatoms. The molecule has 0 aliphatic rings. The third-order valence-electron chi connectivity index (χ3n) is 5.72. The van der Waals surface area contributed by atoms with E-state index in [2.05, 4.69) is 5.32 Å². The number of rotatable bonds is 11. The summed E-state index contributed by atoms with van der Waals surface area (Å²) in [5.74, 6) is -0.526. The highest BCUT2D eigenvalue weighted by atomic mass is 35.5. The van der Waals surface area contributed by atoms with Crippen molar-refractivity contribution < 1.29 is 22.7 Å². The molecule has 1 N–H and O–H groups in total. The van der Waals surface area contributed by atoms with Gasteiger partial charge in [0.25, 0.3) is 0 Å². The Kier molecular flexibility index (Phi) is 9.97. The van der Waals surface area contributed by atoms with Crippen molar-refractivity contribution in [2.45, 2.75) is 52.7 Å². The van der Waals surface area contributed by atoms with Crippen molar-refractivity contribution in [3.8, 4) is 5.75 Å². The molecule has 0 spiro atoms. The van der Waals surface area contributed by atoms with Gasteiger partial charge in [-0.1, -0.05) is 36.7 Å². The van der Waals surface area contributed by atoms with Crippen molar-refractivity contribution in [1.82, 2.24) is 10.2 Å². The molecule has 0 bridgehead atoms. The number of ether oxygens (including phenoxy) is 1. The van der Waals surface area contributed by atoms with E-state index < -0.39 is 28.5 Å². The normalized spacial score (nSPS) is 13.0. The molecule has 35 heavy (non-hydrogen) atoms. The summed E-state index contributed by atoms with van der Waals surface area (Å²) in [6.45, 7) is 6.89. The topological polar surface area (TPSA) is 96.0 Å². The molecule has 2 aromatic rings. The smallest absolute Gasteiger partial charge is 0.244 e. The predicted octanol–water partition coefficient (Wildman–Crippen LogP) is 3.76. The zero-order valence-electron chi connectivity index (χ0n) is 21.0. The third-order valence-corrected chi connectivity index (χ3v) is 7.10. The van der Waals surface area contributed by atoms with Crippen LogP contribution in [0.15, 0.2) is 42.5 Å². The monoisotopic (exact) mass is 523 g/mol. The van der Waals surface area contributed by atoms with Crippen LogP contribution >= 0.6 is 11.6 Å². The quantitative estimate of drug-likeness (QED) is 0.484. The van der Waals surface area contributed by atoms with Gasteiger partial charge in [-0.05, 0) is 62.6 Å². The van der Waals surface area contributed by atoms with Crippen LogP contribution in [0.1, 0.15) is 38.3 Å². The van der Waals surface area contributed by atoms with Crippen LogP contribution < -0.4 is 14.4 Å². The van der Waals surface area contributed by atoms with E-state index in [1.165, 1.54) is 12.0 Å². The van der Waals surface area contributed by atoms with Crippen molar-refractivity contribution in [3.05, 3.63) is 58.6 Å². The van der Waals surface area contributed by atoms with E-state index in [0.29, 0.717) is 10.8 Å². The summed E-state index contributed by atoms with van der Waals surface area (Å²) in [6.07, 6.45) is 1.77. The maximum absolute atomic E-state index is 13.6. The Bertz CT molecular complexity index is 1140. The zero-order chi connectivity index (χ0) is 26.3. The Morgan fingerprint density at radius 2 is 1.74 bits per heavy atom. The van der Waals surface area contributed by atoms with Crippen LogP contribution in [0, 0.1) is 6.92 Å². The highest BCUT2D eigenvalue weighted by Crippen LogP contribution is 2.31. The lowest BCUT2D eigenvalue weighted by atomic mass is 10.1. The summed E-state index contributed by atoms with van der Waals surface area (Å²) in [6, 6.07) is 11.1. The second kappa shape index (κ2) is 12.3. The fourth-order valence-corrected chi connectivity index (χ4v) is 4.40. The largest absolute Gasteiger partial charge is 0.495 e. The Labute approximate surface area is 213 Å². The van der Waals surface area contributed by atoms with Crippen LogP contribution in [0.3, 0.4) is 0 Å². The summed E-state index contributed by atoms with van der Waals surface area (Å²) in [7, 11) is -2.42. The van der Waals surface area contributed by atoms with Crippen LogP contribution in [0.4, 0.5) is 5.69 Å². The number of benzene rings is 2. The average molecular weight is 524 g/mol. The second-order valence-corrected chi connectivity index (χ2v) is 10.9. The van der Waals surface area contributed by atoms with E-state index in [0.717, 1.165) is 28.1 Å². The first-order chi connectivity index (χ1) is 16.4. The Balaban J connectivity index is 2.45. The number of methoxy groups -OCH3 is 1. The fraction of sp³-hybridized carbons (Fsp3) is 0.440. The predicted molar refractivity (Wildman–Crippen MR) is 139 cm³/mol. The van der Waals surface area contributed by atoms with E-state index in [-0.39, 0.29) is 24.2 Å². The van der Waals surface area contributed by atoms with Crippen LogP contribution in [-0.4, -0.2) is 57.1 Å². The lowest BCUT2D eigenvalue weighted by Crippen LogP contribution is -2.52. The SMILES string of the molecule is CC[C@@H](C)NC(=O)[C@H](C)N(Cc1ccc(Cl)cc1)C(=O)CN(c1cc(C)ccc1OC)S(C)(=O)=O. The number of aryl methyl sites for hydroxylation is 1. The molecular formula is C25H34ClN3O5S. The molecule has 0 aromatic heterocycles. The van der Waals surface area contributed by atoms with Crippen molar-refractivity contribution in [1.29, 1.82) is 0 Å². The highest BCUT2D eigenvalue weighted by Gasteiger charge is 2.31. The summed E-state index contributed by atoms with van der Waals surface area (Å²) in [5, 5.41) is 3.44. The van der Waals surface area contributed by atoms with Crippen molar-refractivity contribution in [2.24, 2.45) is 0 Å². The zero-order valence-corrected chi connectivity index (χ0v) is 22.6. The summed E-state index contributed by atoms with van der Waals surface area (Å²) in [4.78, 5) is 27.9. The maximum atomic E-state index is 13.6. The molecule has 0 aliphatic heterocycles. The number of carbonyl (C=O) groups excluding carboxylic acids is 2. The van der Waals surface area contributed by atoms with Crippen molar-refractivity contribution >= 4 is 39.1 Å². The minimum Gasteiger partial charge on any atom is -0.495 e. The van der Waals surface area contributed by atoms with Gasteiger partial charge in [-0.2, -0.15) is 0 Å². The van der Waals surface area contributed by atoms with Crippen molar-refractivity contribution in [3.63, 3.8) is 0 Å².